The van der Waals surface area contributed by atoms with Crippen molar-refractivity contribution in [1.29, 1.82) is 0 Å². The maximum Gasteiger partial charge on any atom is 0.0750 e. The van der Waals surface area contributed by atoms with E-state index in [-0.39, 0.29) is 5.60 Å². The topological polar surface area (TPSA) is 21.3 Å². The van der Waals surface area contributed by atoms with Gasteiger partial charge in [-0.3, -0.25) is 0 Å². The molecule has 0 aliphatic heterocycles. The maximum atomic E-state index is 5.60. The SMILES string of the molecule is CCOC(C)(C)CNCc1ccc(Br)s1. The molecule has 0 saturated heterocycles. The average Bonchev–Trinajstić information content (AvgIpc) is 2.51. The molecule has 0 fully saturated rings. The first-order valence-electron chi connectivity index (χ1n) is 5.12. The summed E-state index contributed by atoms with van der Waals surface area (Å²) in [5.41, 5.74) is -0.0801. The Morgan fingerprint density at radius 1 is 1.47 bits per heavy atom. The van der Waals surface area contributed by atoms with Crippen LogP contribution in [0.25, 0.3) is 0 Å². The van der Waals surface area contributed by atoms with Crippen molar-refractivity contribution < 1.29 is 4.74 Å². The molecular formula is C11H18BrNOS. The Morgan fingerprint density at radius 3 is 2.73 bits per heavy atom. The summed E-state index contributed by atoms with van der Waals surface area (Å²) in [6.45, 7) is 8.78. The van der Waals surface area contributed by atoms with E-state index >= 15 is 0 Å². The van der Waals surface area contributed by atoms with Gasteiger partial charge in [0, 0.05) is 24.6 Å². The van der Waals surface area contributed by atoms with Gasteiger partial charge in [0.25, 0.3) is 0 Å². The highest BCUT2D eigenvalue weighted by Crippen LogP contribution is 2.21. The Bertz CT molecular complexity index is 299. The largest absolute Gasteiger partial charge is 0.375 e. The molecule has 1 aromatic rings. The number of ether oxygens (including phenoxy) is 1. The highest BCUT2D eigenvalue weighted by molar-refractivity contribution is 9.11. The van der Waals surface area contributed by atoms with Crippen molar-refractivity contribution in [2.24, 2.45) is 0 Å². The monoisotopic (exact) mass is 291 g/mol. The molecule has 1 heterocycles. The smallest absolute Gasteiger partial charge is 0.0750 e. The third kappa shape index (κ3) is 5.11. The molecule has 2 nitrogen and oxygen atoms in total. The summed E-state index contributed by atoms with van der Waals surface area (Å²) < 4.78 is 6.79. The lowest BCUT2D eigenvalue weighted by Gasteiger charge is -2.24. The number of nitrogens with one attached hydrogen (secondary N) is 1. The molecule has 86 valence electrons. The van der Waals surface area contributed by atoms with Crippen LogP contribution in [-0.4, -0.2) is 18.8 Å². The van der Waals surface area contributed by atoms with E-state index in [4.69, 9.17) is 4.74 Å². The maximum absolute atomic E-state index is 5.60. The second kappa shape index (κ2) is 5.99. The van der Waals surface area contributed by atoms with Crippen LogP contribution in [0.5, 0.6) is 0 Å². The predicted molar refractivity (Wildman–Crippen MR) is 69.4 cm³/mol. The van der Waals surface area contributed by atoms with Crippen molar-refractivity contribution in [2.45, 2.75) is 32.9 Å². The van der Waals surface area contributed by atoms with Crippen LogP contribution >= 0.6 is 27.3 Å². The summed E-state index contributed by atoms with van der Waals surface area (Å²) >= 11 is 5.22. The lowest BCUT2D eigenvalue weighted by Crippen LogP contribution is -2.37. The number of thiophene rings is 1. The molecule has 0 bridgehead atoms. The quantitative estimate of drug-likeness (QED) is 0.867. The molecule has 0 saturated carbocycles. The molecular weight excluding hydrogens is 274 g/mol. The van der Waals surface area contributed by atoms with Crippen LogP contribution in [0.2, 0.25) is 0 Å². The number of hydrogen-bond acceptors (Lipinski definition) is 3. The molecule has 4 heteroatoms. The minimum absolute atomic E-state index is 0.0801. The fraction of sp³-hybridized carbons (Fsp3) is 0.636. The van der Waals surface area contributed by atoms with Crippen molar-refractivity contribution in [1.82, 2.24) is 5.32 Å². The Kier molecular flexibility index (Phi) is 5.26. The van der Waals surface area contributed by atoms with Crippen LogP contribution in [0, 0.1) is 0 Å². The van der Waals surface area contributed by atoms with Crippen LogP contribution in [0.1, 0.15) is 25.6 Å². The van der Waals surface area contributed by atoms with Crippen LogP contribution < -0.4 is 5.32 Å². The van der Waals surface area contributed by atoms with Gasteiger partial charge in [-0.15, -0.1) is 11.3 Å². The molecule has 0 amide bonds. The normalized spacial score (nSPS) is 12.0. The Labute approximate surface area is 104 Å². The number of halogens is 1. The molecule has 15 heavy (non-hydrogen) atoms. The molecule has 0 spiro atoms. The standard InChI is InChI=1S/C11H18BrNOS/c1-4-14-11(2,3)8-13-7-9-5-6-10(12)15-9/h5-6,13H,4,7-8H2,1-3H3. The minimum Gasteiger partial charge on any atom is -0.375 e. The molecule has 0 aliphatic rings. The van der Waals surface area contributed by atoms with E-state index in [9.17, 15) is 0 Å². The first kappa shape index (κ1) is 13.2. The lowest BCUT2D eigenvalue weighted by molar-refractivity contribution is -0.00893. The van der Waals surface area contributed by atoms with Crippen LogP contribution in [0.4, 0.5) is 0 Å². The summed E-state index contributed by atoms with van der Waals surface area (Å²) in [6, 6.07) is 4.21. The van der Waals surface area contributed by atoms with Crippen molar-refractivity contribution in [3.63, 3.8) is 0 Å². The summed E-state index contributed by atoms with van der Waals surface area (Å²) in [5.74, 6) is 0. The van der Waals surface area contributed by atoms with Gasteiger partial charge in [-0.1, -0.05) is 0 Å². The van der Waals surface area contributed by atoms with Gasteiger partial charge in [-0.25, -0.2) is 0 Å². The first-order chi connectivity index (χ1) is 7.03. The highest BCUT2D eigenvalue weighted by Gasteiger charge is 2.16. The fourth-order valence-electron chi connectivity index (χ4n) is 1.38. The van der Waals surface area contributed by atoms with Gasteiger partial charge in [-0.2, -0.15) is 0 Å². The summed E-state index contributed by atoms with van der Waals surface area (Å²) in [6.07, 6.45) is 0. The number of hydrogen-bond donors (Lipinski definition) is 1. The van der Waals surface area contributed by atoms with Crippen LogP contribution in [-0.2, 0) is 11.3 Å². The molecule has 0 atom stereocenters. The zero-order valence-corrected chi connectivity index (χ0v) is 11.9. The van der Waals surface area contributed by atoms with Crippen LogP contribution in [0.15, 0.2) is 15.9 Å². The summed E-state index contributed by atoms with van der Waals surface area (Å²) in [7, 11) is 0. The molecule has 1 N–H and O–H groups in total. The Balaban J connectivity index is 2.27. The van der Waals surface area contributed by atoms with Crippen molar-refractivity contribution in [3.8, 4) is 0 Å². The Morgan fingerprint density at radius 2 is 2.20 bits per heavy atom. The van der Waals surface area contributed by atoms with E-state index < -0.39 is 0 Å². The predicted octanol–water partition coefficient (Wildman–Crippen LogP) is 3.42. The van der Waals surface area contributed by atoms with E-state index in [1.54, 1.807) is 11.3 Å². The minimum atomic E-state index is -0.0801. The van der Waals surface area contributed by atoms with Gasteiger partial charge in [0.2, 0.25) is 0 Å². The third-order valence-corrected chi connectivity index (χ3v) is 3.64. The first-order valence-corrected chi connectivity index (χ1v) is 6.73. The van der Waals surface area contributed by atoms with Gasteiger partial charge in [0.1, 0.15) is 0 Å². The molecule has 0 aromatic carbocycles. The second-order valence-electron chi connectivity index (χ2n) is 4.00. The van der Waals surface area contributed by atoms with E-state index in [2.05, 4.69) is 47.2 Å². The van der Waals surface area contributed by atoms with Gasteiger partial charge in [0.15, 0.2) is 0 Å². The zero-order chi connectivity index (χ0) is 11.3. The Hall–Kier alpha value is 0.1000. The van der Waals surface area contributed by atoms with E-state index in [0.29, 0.717) is 0 Å². The van der Waals surface area contributed by atoms with Gasteiger partial charge in [0.05, 0.1) is 9.39 Å². The van der Waals surface area contributed by atoms with E-state index in [0.717, 1.165) is 19.7 Å². The molecule has 1 rings (SSSR count). The molecule has 1 aromatic heterocycles. The number of rotatable bonds is 6. The van der Waals surface area contributed by atoms with Crippen molar-refractivity contribution in [2.75, 3.05) is 13.2 Å². The average molecular weight is 292 g/mol. The fourth-order valence-corrected chi connectivity index (χ4v) is 2.83. The second-order valence-corrected chi connectivity index (χ2v) is 6.55. The summed E-state index contributed by atoms with van der Waals surface area (Å²) in [5, 5.41) is 3.40. The van der Waals surface area contributed by atoms with E-state index in [1.165, 1.54) is 8.66 Å². The zero-order valence-electron chi connectivity index (χ0n) is 9.47. The van der Waals surface area contributed by atoms with Gasteiger partial charge < -0.3 is 10.1 Å². The molecule has 0 radical (unpaired) electrons. The molecule has 0 unspecified atom stereocenters. The summed E-state index contributed by atoms with van der Waals surface area (Å²) in [4.78, 5) is 1.34. The van der Waals surface area contributed by atoms with Crippen molar-refractivity contribution in [3.05, 3.63) is 20.8 Å². The third-order valence-electron chi connectivity index (χ3n) is 2.01. The van der Waals surface area contributed by atoms with E-state index in [1.807, 2.05) is 6.92 Å². The molecule has 0 aliphatic carbocycles. The lowest BCUT2D eigenvalue weighted by atomic mass is 10.1. The van der Waals surface area contributed by atoms with Gasteiger partial charge >= 0.3 is 0 Å². The van der Waals surface area contributed by atoms with Crippen LogP contribution in [0.3, 0.4) is 0 Å². The van der Waals surface area contributed by atoms with Crippen molar-refractivity contribution >= 4 is 27.3 Å². The highest BCUT2D eigenvalue weighted by atomic mass is 79.9. The van der Waals surface area contributed by atoms with Gasteiger partial charge in [-0.05, 0) is 48.8 Å².